The maximum atomic E-state index is 12.4. The number of aromatic nitrogens is 2. The van der Waals surface area contributed by atoms with Crippen molar-refractivity contribution in [3.63, 3.8) is 0 Å². The fraction of sp³-hybridized carbons (Fsp3) is 0.360. The van der Waals surface area contributed by atoms with Gasteiger partial charge in [0.2, 0.25) is 0 Å². The molecular weight excluding hydrogens is 402 g/mol. The van der Waals surface area contributed by atoms with Gasteiger partial charge in [0.15, 0.2) is 0 Å². The van der Waals surface area contributed by atoms with Crippen molar-refractivity contribution in [3.05, 3.63) is 71.4 Å². The van der Waals surface area contributed by atoms with Crippen LogP contribution in [0, 0.1) is 0 Å². The first-order valence-electron chi connectivity index (χ1n) is 11.3. The summed E-state index contributed by atoms with van der Waals surface area (Å²) in [4.78, 5) is 14.9. The Bertz CT molecular complexity index is 1110. The Hall–Kier alpha value is -3.16. The minimum atomic E-state index is -0.0864. The maximum absolute atomic E-state index is 12.4. The van der Waals surface area contributed by atoms with Crippen molar-refractivity contribution in [2.45, 2.75) is 25.6 Å². The Labute approximate surface area is 188 Å². The molecule has 166 valence electrons. The Morgan fingerprint density at radius 1 is 1.16 bits per heavy atom. The molecule has 1 aromatic heterocycles. The van der Waals surface area contributed by atoms with E-state index in [1.807, 2.05) is 35.0 Å². The van der Waals surface area contributed by atoms with Crippen LogP contribution in [-0.2, 0) is 13.0 Å². The summed E-state index contributed by atoms with van der Waals surface area (Å²) in [5.41, 5.74) is 5.22. The summed E-state index contributed by atoms with van der Waals surface area (Å²) in [6.07, 6.45) is 2.12. The lowest BCUT2D eigenvalue weighted by molar-refractivity contribution is 0.0900. The number of amides is 1. The number of hydrogen-bond acceptors (Lipinski definition) is 5. The van der Waals surface area contributed by atoms with E-state index in [-0.39, 0.29) is 12.1 Å². The Kier molecular flexibility index (Phi) is 5.92. The zero-order chi connectivity index (χ0) is 21.9. The molecule has 0 bridgehead atoms. The number of hydrogen-bond donors (Lipinski definition) is 2. The SMILES string of the molecule is COc1cccc(-c2cc3n(n2)[C@@H](NCCCN2CCc4ccccc4C2)CNC3=O)c1. The molecule has 3 heterocycles. The second kappa shape index (κ2) is 9.14. The molecular formula is C25H29N5O2. The Morgan fingerprint density at radius 3 is 2.91 bits per heavy atom. The fourth-order valence-corrected chi connectivity index (χ4v) is 4.57. The van der Waals surface area contributed by atoms with E-state index in [4.69, 9.17) is 9.84 Å². The molecule has 0 unspecified atom stereocenters. The van der Waals surface area contributed by atoms with Crippen LogP contribution in [0.3, 0.4) is 0 Å². The third-order valence-corrected chi connectivity index (χ3v) is 6.33. The van der Waals surface area contributed by atoms with Gasteiger partial charge in [0, 0.05) is 18.7 Å². The monoisotopic (exact) mass is 431 g/mol. The largest absolute Gasteiger partial charge is 0.497 e. The molecule has 3 aromatic rings. The fourth-order valence-electron chi connectivity index (χ4n) is 4.57. The van der Waals surface area contributed by atoms with E-state index in [9.17, 15) is 4.79 Å². The van der Waals surface area contributed by atoms with Gasteiger partial charge >= 0.3 is 0 Å². The van der Waals surface area contributed by atoms with Crippen molar-refractivity contribution in [1.82, 2.24) is 25.3 Å². The predicted octanol–water partition coefficient (Wildman–Crippen LogP) is 2.84. The molecule has 2 aromatic carbocycles. The summed E-state index contributed by atoms with van der Waals surface area (Å²) in [5, 5.41) is 11.3. The lowest BCUT2D eigenvalue weighted by Gasteiger charge is -2.29. The smallest absolute Gasteiger partial charge is 0.269 e. The molecule has 5 rings (SSSR count). The van der Waals surface area contributed by atoms with Gasteiger partial charge in [-0.2, -0.15) is 5.10 Å². The van der Waals surface area contributed by atoms with Crippen LogP contribution in [0.5, 0.6) is 5.75 Å². The van der Waals surface area contributed by atoms with E-state index in [0.717, 1.165) is 56.0 Å². The van der Waals surface area contributed by atoms with Crippen molar-refractivity contribution in [2.24, 2.45) is 0 Å². The molecule has 0 fully saturated rings. The minimum Gasteiger partial charge on any atom is -0.497 e. The molecule has 1 atom stereocenters. The molecule has 0 aliphatic carbocycles. The zero-order valence-electron chi connectivity index (χ0n) is 18.4. The van der Waals surface area contributed by atoms with E-state index < -0.39 is 0 Å². The lowest BCUT2D eigenvalue weighted by atomic mass is 10.00. The number of nitrogens with zero attached hydrogens (tertiary/aromatic N) is 3. The highest BCUT2D eigenvalue weighted by Crippen LogP contribution is 2.26. The first-order chi connectivity index (χ1) is 15.7. The van der Waals surface area contributed by atoms with Crippen LogP contribution in [0.2, 0.25) is 0 Å². The van der Waals surface area contributed by atoms with Gasteiger partial charge in [-0.1, -0.05) is 36.4 Å². The third kappa shape index (κ3) is 4.26. The first kappa shape index (κ1) is 20.7. The number of nitrogens with one attached hydrogen (secondary N) is 2. The standard InChI is InChI=1S/C25H29N5O2/c1-32-21-9-4-8-19(14-21)22-15-23-25(31)27-16-24(30(23)28-22)26-11-5-12-29-13-10-18-6-2-3-7-20(18)17-29/h2-4,6-9,14-15,24,26H,5,10-13,16-17H2,1H3,(H,27,31)/t24-/m1/s1. The number of carbonyl (C=O) groups is 1. The summed E-state index contributed by atoms with van der Waals surface area (Å²) in [7, 11) is 1.65. The topological polar surface area (TPSA) is 71.4 Å². The normalized spacial score (nSPS) is 18.0. The van der Waals surface area contributed by atoms with Crippen LogP contribution in [-0.4, -0.2) is 53.9 Å². The van der Waals surface area contributed by atoms with E-state index in [1.165, 1.54) is 11.1 Å². The summed E-state index contributed by atoms with van der Waals surface area (Å²) >= 11 is 0. The zero-order valence-corrected chi connectivity index (χ0v) is 18.4. The number of rotatable bonds is 7. The van der Waals surface area contributed by atoms with Crippen LogP contribution >= 0.6 is 0 Å². The molecule has 0 radical (unpaired) electrons. The molecule has 7 nitrogen and oxygen atoms in total. The molecule has 0 saturated heterocycles. The van der Waals surface area contributed by atoms with Gasteiger partial charge in [0.05, 0.1) is 19.3 Å². The maximum Gasteiger partial charge on any atom is 0.269 e. The molecule has 2 aliphatic heterocycles. The average molecular weight is 432 g/mol. The van der Waals surface area contributed by atoms with Crippen molar-refractivity contribution in [3.8, 4) is 17.0 Å². The van der Waals surface area contributed by atoms with Crippen LogP contribution in [0.4, 0.5) is 0 Å². The van der Waals surface area contributed by atoms with Gasteiger partial charge in [0.25, 0.3) is 5.91 Å². The van der Waals surface area contributed by atoms with Gasteiger partial charge < -0.3 is 10.1 Å². The van der Waals surface area contributed by atoms with Gasteiger partial charge in [0.1, 0.15) is 17.6 Å². The van der Waals surface area contributed by atoms with Crippen LogP contribution in [0.1, 0.15) is 34.2 Å². The number of fused-ring (bicyclic) bond motifs is 2. The summed E-state index contributed by atoms with van der Waals surface area (Å²) in [5.74, 6) is 0.685. The molecule has 7 heteroatoms. The second-order valence-corrected chi connectivity index (χ2v) is 8.42. The van der Waals surface area contributed by atoms with Gasteiger partial charge in [-0.25, -0.2) is 4.68 Å². The number of carbonyl (C=O) groups excluding carboxylic acids is 1. The van der Waals surface area contributed by atoms with Crippen LogP contribution in [0.25, 0.3) is 11.3 Å². The summed E-state index contributed by atoms with van der Waals surface area (Å²) in [6.45, 7) is 4.60. The number of ether oxygens (including phenoxy) is 1. The molecule has 2 N–H and O–H groups in total. The van der Waals surface area contributed by atoms with Crippen LogP contribution in [0.15, 0.2) is 54.6 Å². The third-order valence-electron chi connectivity index (χ3n) is 6.33. The van der Waals surface area contributed by atoms with E-state index in [0.29, 0.717) is 12.2 Å². The number of benzene rings is 2. The molecule has 1 amide bonds. The highest BCUT2D eigenvalue weighted by atomic mass is 16.5. The van der Waals surface area contributed by atoms with Gasteiger partial charge in [-0.15, -0.1) is 0 Å². The van der Waals surface area contributed by atoms with E-state index in [1.54, 1.807) is 7.11 Å². The predicted molar refractivity (Wildman–Crippen MR) is 124 cm³/mol. The van der Waals surface area contributed by atoms with E-state index >= 15 is 0 Å². The quantitative estimate of drug-likeness (QED) is 0.563. The number of methoxy groups -OCH3 is 1. The first-order valence-corrected chi connectivity index (χ1v) is 11.3. The van der Waals surface area contributed by atoms with Crippen molar-refractivity contribution in [2.75, 3.05) is 33.3 Å². The second-order valence-electron chi connectivity index (χ2n) is 8.42. The van der Waals surface area contributed by atoms with Crippen molar-refractivity contribution >= 4 is 5.91 Å². The van der Waals surface area contributed by atoms with Gasteiger partial charge in [-0.05, 0) is 55.3 Å². The van der Waals surface area contributed by atoms with Crippen molar-refractivity contribution in [1.29, 1.82) is 0 Å². The molecule has 0 saturated carbocycles. The molecule has 2 aliphatic rings. The Balaban J connectivity index is 1.20. The van der Waals surface area contributed by atoms with Crippen LogP contribution < -0.4 is 15.4 Å². The highest BCUT2D eigenvalue weighted by Gasteiger charge is 2.27. The van der Waals surface area contributed by atoms with Gasteiger partial charge in [-0.3, -0.25) is 15.0 Å². The van der Waals surface area contributed by atoms with Crippen molar-refractivity contribution < 1.29 is 9.53 Å². The van der Waals surface area contributed by atoms with E-state index in [2.05, 4.69) is 39.8 Å². The minimum absolute atomic E-state index is 0.0517. The summed E-state index contributed by atoms with van der Waals surface area (Å²) < 4.78 is 7.15. The molecule has 32 heavy (non-hydrogen) atoms. The highest BCUT2D eigenvalue weighted by molar-refractivity contribution is 5.94. The lowest BCUT2D eigenvalue weighted by Crippen LogP contribution is -2.45. The molecule has 0 spiro atoms. The summed E-state index contributed by atoms with van der Waals surface area (Å²) in [6, 6.07) is 18.3. The Morgan fingerprint density at radius 2 is 2.03 bits per heavy atom. The average Bonchev–Trinajstić information content (AvgIpc) is 3.30.